The molecule has 0 bridgehead atoms. The molecule has 0 radical (unpaired) electrons. The van der Waals surface area contributed by atoms with Crippen LogP contribution in [0.3, 0.4) is 0 Å². The Balaban J connectivity index is 1.83. The topological polar surface area (TPSA) is 326 Å². The second-order valence-electron chi connectivity index (χ2n) is 15.6. The minimum Gasteiger partial charge on any atom is -0.449 e. The SMILES string of the molecule is CC(=O)Oc1cc(OC(C)=O)cc(Oc2c(OC(C)=O)cc(OC(C)=O)cc2Oc2c(OC(C)=O)cc(Oc3c(OC(C)=O)cc(OC(C)=O)cc3Oc3c(OC(C)=O)cc(OC(C)=O)cc3OC(C)=O)cc2OC(C)=O)c1. The summed E-state index contributed by atoms with van der Waals surface area (Å²) in [5.41, 5.74) is 0. The summed E-state index contributed by atoms with van der Waals surface area (Å²) < 4.78 is 83.7. The molecule has 26 heteroatoms. The Morgan fingerprint density at radius 2 is 0.346 bits per heavy atom. The zero-order valence-corrected chi connectivity index (χ0v) is 43.0. The van der Waals surface area contributed by atoms with E-state index in [1.807, 2.05) is 0 Å². The average molecular weight is 1080 g/mol. The van der Waals surface area contributed by atoms with Crippen molar-refractivity contribution in [3.63, 3.8) is 0 Å². The molecular weight excluding hydrogens is 1040 g/mol. The quantitative estimate of drug-likeness (QED) is 0.0557. The van der Waals surface area contributed by atoms with E-state index < -0.39 is 140 Å². The van der Waals surface area contributed by atoms with Gasteiger partial charge in [0.25, 0.3) is 0 Å². The van der Waals surface area contributed by atoms with Gasteiger partial charge in [-0.2, -0.15) is 0 Å². The second kappa shape index (κ2) is 25.6. The standard InChI is InChI=1S/C52H44O26/c1-23(53)64-34-12-35(65-24(2)54)14-36(13-34)75-49-41(69-28(6)58)15-38(67-26(4)56)19-47(49)77-52-45(73-32(10)62)21-40(22-46(52)74-33(11)63)76-50-42(70-29(7)59)16-39(68-27(5)57)20-48(50)78-51-43(71-30(8)60)17-37(66-25(3)55)18-44(51)72-31(9)61/h12-22H,1-11H3. The lowest BCUT2D eigenvalue weighted by Crippen LogP contribution is -2.10. The van der Waals surface area contributed by atoms with Crippen molar-refractivity contribution < 1.29 is 124 Å². The van der Waals surface area contributed by atoms with E-state index in [-0.39, 0.29) is 34.5 Å². The Morgan fingerprint density at radius 1 is 0.192 bits per heavy atom. The highest BCUT2D eigenvalue weighted by molar-refractivity contribution is 5.81. The van der Waals surface area contributed by atoms with E-state index in [0.29, 0.717) is 0 Å². The third-order valence-electron chi connectivity index (χ3n) is 8.52. The molecule has 26 nitrogen and oxygen atoms in total. The lowest BCUT2D eigenvalue weighted by molar-refractivity contribution is -0.133. The number of benzene rings is 5. The molecule has 408 valence electrons. The van der Waals surface area contributed by atoms with Crippen LogP contribution in [-0.2, 0) is 52.7 Å². The maximum absolute atomic E-state index is 12.9. The molecule has 5 rings (SSSR count). The summed E-state index contributed by atoms with van der Waals surface area (Å²) in [4.78, 5) is 136. The van der Waals surface area contributed by atoms with Crippen LogP contribution in [0.1, 0.15) is 76.2 Å². The molecular formula is C52H44O26. The smallest absolute Gasteiger partial charge is 0.308 e. The lowest BCUT2D eigenvalue weighted by atomic mass is 10.2. The molecule has 0 unspecified atom stereocenters. The molecule has 0 saturated carbocycles. The van der Waals surface area contributed by atoms with Gasteiger partial charge in [0.1, 0.15) is 40.2 Å². The Hall–Kier alpha value is -10.5. The molecule has 5 aromatic carbocycles. The van der Waals surface area contributed by atoms with E-state index >= 15 is 0 Å². The van der Waals surface area contributed by atoms with Gasteiger partial charge in [0.05, 0.1) is 0 Å². The zero-order chi connectivity index (χ0) is 57.7. The van der Waals surface area contributed by atoms with Gasteiger partial charge in [-0.05, 0) is 0 Å². The molecule has 0 fully saturated rings. The van der Waals surface area contributed by atoms with Gasteiger partial charge in [-0.15, -0.1) is 0 Å². The first-order chi connectivity index (χ1) is 36.6. The largest absolute Gasteiger partial charge is 0.449 e. The summed E-state index contributed by atoms with van der Waals surface area (Å²) >= 11 is 0. The van der Waals surface area contributed by atoms with Crippen molar-refractivity contribution in [2.75, 3.05) is 0 Å². The molecule has 0 aromatic heterocycles. The van der Waals surface area contributed by atoms with Crippen LogP contribution in [0.4, 0.5) is 0 Å². The van der Waals surface area contributed by atoms with E-state index in [0.717, 1.165) is 137 Å². The summed E-state index contributed by atoms with van der Waals surface area (Å²) in [6.07, 6.45) is 0. The summed E-state index contributed by atoms with van der Waals surface area (Å²) in [6, 6.07) is 11.5. The maximum Gasteiger partial charge on any atom is 0.308 e. The molecule has 78 heavy (non-hydrogen) atoms. The molecule has 0 aliphatic rings. The number of rotatable bonds is 19. The molecule has 0 N–H and O–H groups in total. The third-order valence-corrected chi connectivity index (χ3v) is 8.52. The van der Waals surface area contributed by atoms with Crippen LogP contribution < -0.4 is 71.1 Å². The van der Waals surface area contributed by atoms with Crippen molar-refractivity contribution in [3.8, 4) is 109 Å². The number of carbonyl (C=O) groups is 11. The van der Waals surface area contributed by atoms with Gasteiger partial charge in [-0.3, -0.25) is 52.7 Å². The summed E-state index contributed by atoms with van der Waals surface area (Å²) in [5.74, 6) is -19.3. The van der Waals surface area contributed by atoms with Crippen molar-refractivity contribution in [1.82, 2.24) is 0 Å². The van der Waals surface area contributed by atoms with Gasteiger partial charge < -0.3 is 71.1 Å². The van der Waals surface area contributed by atoms with Gasteiger partial charge in [-0.25, -0.2) is 0 Å². The number of hydrogen-bond donors (Lipinski definition) is 0. The van der Waals surface area contributed by atoms with Crippen molar-refractivity contribution in [2.24, 2.45) is 0 Å². The molecule has 0 spiro atoms. The Labute approximate surface area is 440 Å². The van der Waals surface area contributed by atoms with Gasteiger partial charge in [0.15, 0.2) is 46.0 Å². The average Bonchev–Trinajstić information content (AvgIpc) is 3.33. The Kier molecular flexibility index (Phi) is 19.2. The molecule has 0 heterocycles. The van der Waals surface area contributed by atoms with Crippen LogP contribution in [0, 0.1) is 0 Å². The highest BCUT2D eigenvalue weighted by Crippen LogP contribution is 2.54. The van der Waals surface area contributed by atoms with Crippen molar-refractivity contribution in [1.29, 1.82) is 0 Å². The van der Waals surface area contributed by atoms with Gasteiger partial charge in [0.2, 0.25) is 23.0 Å². The van der Waals surface area contributed by atoms with Gasteiger partial charge in [0, 0.05) is 143 Å². The van der Waals surface area contributed by atoms with Crippen LogP contribution in [0.25, 0.3) is 0 Å². The third kappa shape index (κ3) is 17.3. The predicted molar refractivity (Wildman–Crippen MR) is 257 cm³/mol. The first kappa shape index (κ1) is 58.4. The first-order valence-electron chi connectivity index (χ1n) is 22.2. The van der Waals surface area contributed by atoms with Crippen LogP contribution >= 0.6 is 0 Å². The van der Waals surface area contributed by atoms with Crippen molar-refractivity contribution in [2.45, 2.75) is 76.2 Å². The summed E-state index contributed by atoms with van der Waals surface area (Å²) in [6.45, 7) is 11.2. The minimum atomic E-state index is -1.04. The molecule has 5 aromatic rings. The predicted octanol–water partition coefficient (Wildman–Crippen LogP) is 8.03. The molecule has 0 atom stereocenters. The maximum atomic E-state index is 12.9. The fraction of sp³-hybridized carbons (Fsp3) is 0.212. The highest BCUT2D eigenvalue weighted by Gasteiger charge is 2.30. The summed E-state index contributed by atoms with van der Waals surface area (Å²) in [5, 5.41) is 0. The normalized spacial score (nSPS) is 10.3. The fourth-order valence-electron chi connectivity index (χ4n) is 6.39. The number of carbonyl (C=O) groups excluding carboxylic acids is 11. The number of esters is 11. The van der Waals surface area contributed by atoms with Crippen LogP contribution in [0.5, 0.6) is 109 Å². The van der Waals surface area contributed by atoms with E-state index in [1.54, 1.807) is 0 Å². The fourth-order valence-corrected chi connectivity index (χ4v) is 6.39. The second-order valence-corrected chi connectivity index (χ2v) is 15.6. The highest BCUT2D eigenvalue weighted by atomic mass is 16.6. The van der Waals surface area contributed by atoms with Crippen LogP contribution in [-0.4, -0.2) is 65.7 Å². The van der Waals surface area contributed by atoms with E-state index in [9.17, 15) is 52.7 Å². The zero-order valence-electron chi connectivity index (χ0n) is 43.0. The first-order valence-corrected chi connectivity index (χ1v) is 22.2. The lowest BCUT2D eigenvalue weighted by Gasteiger charge is -2.22. The molecule has 0 aliphatic heterocycles. The van der Waals surface area contributed by atoms with Crippen molar-refractivity contribution in [3.05, 3.63) is 66.7 Å². The van der Waals surface area contributed by atoms with Crippen molar-refractivity contribution >= 4 is 65.7 Å². The number of ether oxygens (including phenoxy) is 15. The van der Waals surface area contributed by atoms with Crippen LogP contribution in [0.15, 0.2) is 66.7 Å². The van der Waals surface area contributed by atoms with Gasteiger partial charge in [-0.1, -0.05) is 0 Å². The minimum absolute atomic E-state index is 0.201. The molecule has 0 aliphatic carbocycles. The Morgan fingerprint density at radius 3 is 0.564 bits per heavy atom. The molecule has 0 saturated heterocycles. The van der Waals surface area contributed by atoms with E-state index in [4.69, 9.17) is 71.1 Å². The Bertz CT molecular complexity index is 3190. The monoisotopic (exact) mass is 1080 g/mol. The summed E-state index contributed by atoms with van der Waals surface area (Å²) in [7, 11) is 0. The van der Waals surface area contributed by atoms with Gasteiger partial charge >= 0.3 is 65.7 Å². The van der Waals surface area contributed by atoms with Crippen LogP contribution in [0.2, 0.25) is 0 Å². The van der Waals surface area contributed by atoms with E-state index in [2.05, 4.69) is 0 Å². The molecule has 0 amide bonds. The van der Waals surface area contributed by atoms with E-state index in [1.165, 1.54) is 6.07 Å². The number of hydrogen-bond acceptors (Lipinski definition) is 26.